The van der Waals surface area contributed by atoms with E-state index < -0.39 is 16.3 Å². The number of rotatable bonds is 15. The minimum absolute atomic E-state index is 0.00769. The lowest BCUT2D eigenvalue weighted by Gasteiger charge is -2.32. The summed E-state index contributed by atoms with van der Waals surface area (Å²) in [5.41, 5.74) is 6.34. The van der Waals surface area contributed by atoms with Crippen LogP contribution in [0, 0.1) is 5.92 Å². The molecule has 0 saturated carbocycles. The highest BCUT2D eigenvalue weighted by Gasteiger charge is 2.34. The highest BCUT2D eigenvalue weighted by Crippen LogP contribution is 2.35. The van der Waals surface area contributed by atoms with Gasteiger partial charge in [0.25, 0.3) is 0 Å². The predicted molar refractivity (Wildman–Crippen MR) is 141 cm³/mol. The normalized spacial score (nSPS) is 15.6. The van der Waals surface area contributed by atoms with Gasteiger partial charge < -0.3 is 25.6 Å². The van der Waals surface area contributed by atoms with Gasteiger partial charge in [-0.05, 0) is 49.8 Å². The maximum atomic E-state index is 13.7. The van der Waals surface area contributed by atoms with Gasteiger partial charge in [0.2, 0.25) is 22.7 Å². The third-order valence-electron chi connectivity index (χ3n) is 6.23. The van der Waals surface area contributed by atoms with Crippen LogP contribution in [0.3, 0.4) is 0 Å². The number of fused-ring (bicyclic) bond motifs is 1. The smallest absolute Gasteiger partial charge is 0.245 e. The number of nitrogens with zero attached hydrogens (tertiary/aromatic N) is 1. The number of carbonyl (C=O) groups is 1. The van der Waals surface area contributed by atoms with Gasteiger partial charge in [-0.25, -0.2) is 8.42 Å². The van der Waals surface area contributed by atoms with Gasteiger partial charge in [0.15, 0.2) is 11.5 Å². The third-order valence-corrected chi connectivity index (χ3v) is 8.09. The van der Waals surface area contributed by atoms with Crippen molar-refractivity contribution in [2.24, 2.45) is 11.7 Å². The average molecular weight is 534 g/mol. The molecule has 3 atom stereocenters. The Morgan fingerprint density at radius 1 is 1.11 bits per heavy atom. The van der Waals surface area contributed by atoms with Crippen LogP contribution in [-0.4, -0.2) is 55.4 Å². The zero-order valence-corrected chi connectivity index (χ0v) is 22.6. The average Bonchev–Trinajstić information content (AvgIpc) is 3.30. The molecule has 3 rings (SSSR count). The van der Waals surface area contributed by atoms with E-state index in [1.165, 1.54) is 16.4 Å². The zero-order valence-electron chi connectivity index (χ0n) is 21.8. The summed E-state index contributed by atoms with van der Waals surface area (Å²) in [6.45, 7) is 6.04. The van der Waals surface area contributed by atoms with Crippen LogP contribution in [-0.2, 0) is 21.2 Å². The van der Waals surface area contributed by atoms with E-state index in [4.69, 9.17) is 15.2 Å². The molecule has 1 aliphatic heterocycles. The molecule has 1 aliphatic rings. The number of nitrogens with two attached hydrogens (primary N) is 1. The van der Waals surface area contributed by atoms with Gasteiger partial charge in [0, 0.05) is 37.5 Å². The molecule has 1 amide bonds. The van der Waals surface area contributed by atoms with E-state index in [2.05, 4.69) is 5.32 Å². The Balaban J connectivity index is 1.80. The first-order chi connectivity index (χ1) is 17.6. The molecule has 37 heavy (non-hydrogen) atoms. The number of aliphatic hydroxyl groups is 1. The second-order valence-electron chi connectivity index (χ2n) is 10.0. The molecule has 2 aromatic carbocycles. The zero-order chi connectivity index (χ0) is 27.0. The Hall–Kier alpha value is -2.66. The molecule has 2 aromatic rings. The highest BCUT2D eigenvalue weighted by molar-refractivity contribution is 7.89. The fourth-order valence-corrected chi connectivity index (χ4v) is 6.13. The molecule has 0 aliphatic carbocycles. The topological polar surface area (TPSA) is 131 Å². The number of ether oxygens (including phenoxy) is 2. The van der Waals surface area contributed by atoms with Crippen LogP contribution in [0.25, 0.3) is 0 Å². The van der Waals surface area contributed by atoms with Gasteiger partial charge in [-0.15, -0.1) is 0 Å². The lowest BCUT2D eigenvalue weighted by molar-refractivity contribution is -0.118. The van der Waals surface area contributed by atoms with Crippen molar-refractivity contribution in [3.63, 3.8) is 0 Å². The van der Waals surface area contributed by atoms with Gasteiger partial charge in [0.1, 0.15) is 6.23 Å². The largest absolute Gasteiger partial charge is 0.454 e. The molecule has 3 unspecified atom stereocenters. The first-order valence-electron chi connectivity index (χ1n) is 12.7. The maximum Gasteiger partial charge on any atom is 0.245 e. The SMILES string of the molecule is CC(C)CN(C(O)CC(Cc1ccccc1)NC(C)CCCC(N)=O)S(=O)(=O)c1ccc2c(c1)OCO2. The van der Waals surface area contributed by atoms with Crippen LogP contribution in [0.2, 0.25) is 0 Å². The first-order valence-corrected chi connectivity index (χ1v) is 14.2. The summed E-state index contributed by atoms with van der Waals surface area (Å²) in [6.07, 6.45) is 1.24. The number of amides is 1. The minimum Gasteiger partial charge on any atom is -0.454 e. The van der Waals surface area contributed by atoms with E-state index in [1.54, 1.807) is 6.07 Å². The molecule has 0 saturated heterocycles. The Kier molecular flexibility index (Phi) is 10.3. The van der Waals surface area contributed by atoms with Crippen LogP contribution >= 0.6 is 0 Å². The van der Waals surface area contributed by atoms with Crippen molar-refractivity contribution in [3.8, 4) is 11.5 Å². The molecular weight excluding hydrogens is 494 g/mol. The number of sulfonamides is 1. The summed E-state index contributed by atoms with van der Waals surface area (Å²) in [5, 5.41) is 14.9. The molecule has 0 fully saturated rings. The molecule has 0 radical (unpaired) electrons. The van der Waals surface area contributed by atoms with Crippen molar-refractivity contribution < 1.29 is 27.8 Å². The molecule has 0 spiro atoms. The standard InChI is InChI=1S/C27H39N3O6S/c1-19(2)17-30(37(33,34)23-12-13-24-25(16-23)36-18-35-24)27(32)15-22(14-21-9-5-4-6-10-21)29-20(3)8-7-11-26(28)31/h4-6,9-10,12-13,16,19-20,22,27,29,32H,7-8,11,14-15,17-18H2,1-3H3,(H2,28,31). The number of carbonyl (C=O) groups excluding carboxylic acids is 1. The van der Waals surface area contributed by atoms with Crippen LogP contribution in [0.5, 0.6) is 11.5 Å². The number of benzene rings is 2. The van der Waals surface area contributed by atoms with Crippen LogP contribution in [0.1, 0.15) is 52.0 Å². The Morgan fingerprint density at radius 3 is 2.49 bits per heavy atom. The highest BCUT2D eigenvalue weighted by atomic mass is 32.2. The van der Waals surface area contributed by atoms with E-state index in [0.717, 1.165) is 12.0 Å². The summed E-state index contributed by atoms with van der Waals surface area (Å²) in [4.78, 5) is 11.2. The monoisotopic (exact) mass is 533 g/mol. The first kappa shape index (κ1) is 28.9. The molecule has 0 bridgehead atoms. The predicted octanol–water partition coefficient (Wildman–Crippen LogP) is 3.02. The van der Waals surface area contributed by atoms with Gasteiger partial charge in [0.05, 0.1) is 4.90 Å². The molecular formula is C27H39N3O6S. The van der Waals surface area contributed by atoms with Crippen molar-refractivity contribution >= 4 is 15.9 Å². The van der Waals surface area contributed by atoms with Crippen LogP contribution in [0.4, 0.5) is 0 Å². The number of hydrogen-bond donors (Lipinski definition) is 3. The van der Waals surface area contributed by atoms with E-state index >= 15 is 0 Å². The van der Waals surface area contributed by atoms with Crippen molar-refractivity contribution in [3.05, 3.63) is 54.1 Å². The van der Waals surface area contributed by atoms with E-state index in [1.807, 2.05) is 51.1 Å². The van der Waals surface area contributed by atoms with Gasteiger partial charge in [-0.2, -0.15) is 4.31 Å². The number of nitrogens with one attached hydrogen (secondary N) is 1. The van der Waals surface area contributed by atoms with Gasteiger partial charge in [-0.1, -0.05) is 44.2 Å². The van der Waals surface area contributed by atoms with E-state index in [-0.39, 0.29) is 48.6 Å². The van der Waals surface area contributed by atoms with Gasteiger partial charge in [-0.3, -0.25) is 4.79 Å². The lowest BCUT2D eigenvalue weighted by Crippen LogP contribution is -2.48. The van der Waals surface area contributed by atoms with Crippen LogP contribution in [0.15, 0.2) is 53.4 Å². The number of aliphatic hydroxyl groups excluding tert-OH is 1. The van der Waals surface area contributed by atoms with Crippen molar-refractivity contribution in [2.75, 3.05) is 13.3 Å². The van der Waals surface area contributed by atoms with Crippen molar-refractivity contribution in [1.82, 2.24) is 9.62 Å². The Bertz CT molecular complexity index is 1130. The van der Waals surface area contributed by atoms with Crippen molar-refractivity contribution in [2.45, 2.75) is 76.1 Å². The molecule has 4 N–H and O–H groups in total. The molecule has 9 nitrogen and oxygen atoms in total. The Morgan fingerprint density at radius 2 is 1.81 bits per heavy atom. The summed E-state index contributed by atoms with van der Waals surface area (Å²) in [7, 11) is -4.02. The second kappa shape index (κ2) is 13.2. The van der Waals surface area contributed by atoms with E-state index in [9.17, 15) is 18.3 Å². The minimum atomic E-state index is -4.02. The molecule has 1 heterocycles. The summed E-state index contributed by atoms with van der Waals surface area (Å²) < 4.78 is 39.2. The lowest BCUT2D eigenvalue weighted by atomic mass is 10.0. The summed E-state index contributed by atoms with van der Waals surface area (Å²) in [5.74, 6) is 0.522. The fraction of sp³-hybridized carbons (Fsp3) is 0.519. The summed E-state index contributed by atoms with van der Waals surface area (Å²) in [6, 6.07) is 14.2. The third kappa shape index (κ3) is 8.43. The number of hydrogen-bond acceptors (Lipinski definition) is 7. The Labute approximate surface area is 220 Å². The van der Waals surface area contributed by atoms with E-state index in [0.29, 0.717) is 30.8 Å². The number of primary amides is 1. The maximum absolute atomic E-state index is 13.7. The quantitative estimate of drug-likeness (QED) is 0.300. The van der Waals surface area contributed by atoms with Crippen molar-refractivity contribution in [1.29, 1.82) is 0 Å². The molecule has 204 valence electrons. The van der Waals surface area contributed by atoms with Gasteiger partial charge >= 0.3 is 0 Å². The van der Waals surface area contributed by atoms with Crippen LogP contribution < -0.4 is 20.5 Å². The molecule has 10 heteroatoms. The molecule has 0 aromatic heterocycles. The fourth-order valence-electron chi connectivity index (χ4n) is 4.46. The summed E-state index contributed by atoms with van der Waals surface area (Å²) >= 11 is 0. The second-order valence-corrected chi connectivity index (χ2v) is 11.9.